The largest absolute Gasteiger partial charge is 0.309 e. The summed E-state index contributed by atoms with van der Waals surface area (Å²) < 4.78 is 5.13. The van der Waals surface area contributed by atoms with Crippen molar-refractivity contribution in [2.75, 3.05) is 0 Å². The maximum Gasteiger partial charge on any atom is 0.0547 e. The number of nitrogens with zero attached hydrogens (tertiary/aromatic N) is 1. The quantitative estimate of drug-likeness (QED) is 0.221. The van der Waals surface area contributed by atoms with Crippen molar-refractivity contribution in [3.63, 3.8) is 0 Å². The van der Waals surface area contributed by atoms with Gasteiger partial charge in [0.05, 0.1) is 11.0 Å². The first kappa shape index (κ1) is 21.7. The molecular weight excluding hydrogens is 478 g/mol. The molecule has 2 aromatic heterocycles. The van der Waals surface area contributed by atoms with Crippen LogP contribution in [-0.4, -0.2) is 4.57 Å². The SMILES string of the molecule is Cc1cc2c(cc1-c1c(C)ccc3c1c1cc4ccccc4cc1n3-c1ccccc1)sc1ccccc12. The summed E-state index contributed by atoms with van der Waals surface area (Å²) in [5.41, 5.74) is 8.98. The Morgan fingerprint density at radius 3 is 2.11 bits per heavy atom. The highest BCUT2D eigenvalue weighted by Gasteiger charge is 2.20. The minimum Gasteiger partial charge on any atom is -0.309 e. The lowest BCUT2D eigenvalue weighted by Gasteiger charge is -2.13. The normalized spacial score (nSPS) is 11.9. The number of rotatable bonds is 2. The molecule has 0 fully saturated rings. The highest BCUT2D eigenvalue weighted by molar-refractivity contribution is 7.25. The Kier molecular flexibility index (Phi) is 4.59. The van der Waals surface area contributed by atoms with Crippen LogP contribution in [0.2, 0.25) is 0 Å². The van der Waals surface area contributed by atoms with Crippen molar-refractivity contribution in [1.82, 2.24) is 4.57 Å². The first-order valence-electron chi connectivity index (χ1n) is 13.1. The minimum absolute atomic E-state index is 1.19. The van der Waals surface area contributed by atoms with Gasteiger partial charge in [0, 0.05) is 36.6 Å². The van der Waals surface area contributed by atoms with Gasteiger partial charge in [0.15, 0.2) is 0 Å². The fourth-order valence-corrected chi connectivity index (χ4v) is 7.38. The maximum absolute atomic E-state index is 2.44. The summed E-state index contributed by atoms with van der Waals surface area (Å²) in [6, 6.07) is 42.4. The summed E-state index contributed by atoms with van der Waals surface area (Å²) in [5.74, 6) is 0. The third-order valence-electron chi connectivity index (χ3n) is 8.01. The van der Waals surface area contributed by atoms with Gasteiger partial charge in [-0.2, -0.15) is 0 Å². The summed E-state index contributed by atoms with van der Waals surface area (Å²) in [6.45, 7) is 4.53. The molecule has 8 aromatic rings. The molecule has 2 heterocycles. The zero-order valence-electron chi connectivity index (χ0n) is 21.3. The first-order chi connectivity index (χ1) is 18.7. The van der Waals surface area contributed by atoms with Gasteiger partial charge in [0.1, 0.15) is 0 Å². The van der Waals surface area contributed by atoms with Crippen LogP contribution in [0.4, 0.5) is 0 Å². The van der Waals surface area contributed by atoms with E-state index in [1.54, 1.807) is 0 Å². The molecule has 0 saturated heterocycles. The Labute approximate surface area is 225 Å². The highest BCUT2D eigenvalue weighted by atomic mass is 32.1. The van der Waals surface area contributed by atoms with Crippen molar-refractivity contribution >= 4 is 64.1 Å². The van der Waals surface area contributed by atoms with Gasteiger partial charge in [0.2, 0.25) is 0 Å². The van der Waals surface area contributed by atoms with Crippen LogP contribution < -0.4 is 0 Å². The van der Waals surface area contributed by atoms with E-state index in [0.717, 1.165) is 0 Å². The fourth-order valence-electron chi connectivity index (χ4n) is 6.25. The zero-order valence-corrected chi connectivity index (χ0v) is 22.1. The van der Waals surface area contributed by atoms with E-state index in [1.165, 1.54) is 80.7 Å². The molecule has 0 saturated carbocycles. The summed E-state index contributed by atoms with van der Waals surface area (Å²) in [7, 11) is 0. The van der Waals surface area contributed by atoms with Crippen molar-refractivity contribution in [1.29, 1.82) is 0 Å². The Morgan fingerprint density at radius 2 is 1.26 bits per heavy atom. The van der Waals surface area contributed by atoms with E-state index >= 15 is 0 Å². The van der Waals surface area contributed by atoms with Crippen molar-refractivity contribution in [3.05, 3.63) is 126 Å². The summed E-state index contributed by atoms with van der Waals surface area (Å²) in [5, 5.41) is 7.88. The Balaban J connectivity index is 1.54. The number of aromatic nitrogens is 1. The monoisotopic (exact) mass is 503 g/mol. The molecule has 1 nitrogen and oxygen atoms in total. The zero-order chi connectivity index (χ0) is 25.4. The van der Waals surface area contributed by atoms with Crippen molar-refractivity contribution in [3.8, 4) is 16.8 Å². The highest BCUT2D eigenvalue weighted by Crippen LogP contribution is 2.45. The van der Waals surface area contributed by atoms with Gasteiger partial charge >= 0.3 is 0 Å². The van der Waals surface area contributed by atoms with Crippen molar-refractivity contribution in [2.45, 2.75) is 13.8 Å². The van der Waals surface area contributed by atoms with E-state index in [9.17, 15) is 0 Å². The van der Waals surface area contributed by atoms with Crippen LogP contribution >= 0.6 is 11.3 Å². The molecule has 180 valence electrons. The second-order valence-corrected chi connectivity index (χ2v) is 11.4. The molecule has 0 unspecified atom stereocenters. The molecule has 0 aliphatic heterocycles. The molecule has 0 amide bonds. The lowest BCUT2D eigenvalue weighted by atomic mass is 9.91. The maximum atomic E-state index is 2.44. The van der Waals surface area contributed by atoms with E-state index in [0.29, 0.717) is 0 Å². The topological polar surface area (TPSA) is 4.93 Å². The van der Waals surface area contributed by atoms with E-state index in [4.69, 9.17) is 0 Å². The lowest BCUT2D eigenvalue weighted by molar-refractivity contribution is 1.18. The molecule has 0 bridgehead atoms. The molecule has 2 heteroatoms. The molecule has 0 atom stereocenters. The Morgan fingerprint density at radius 1 is 0.526 bits per heavy atom. The second kappa shape index (κ2) is 8.05. The van der Waals surface area contributed by atoms with E-state index < -0.39 is 0 Å². The third-order valence-corrected chi connectivity index (χ3v) is 9.15. The summed E-state index contributed by atoms with van der Waals surface area (Å²) in [4.78, 5) is 0. The van der Waals surface area contributed by atoms with Crippen LogP contribution in [0.3, 0.4) is 0 Å². The minimum atomic E-state index is 1.19. The van der Waals surface area contributed by atoms with Crippen molar-refractivity contribution < 1.29 is 0 Å². The van der Waals surface area contributed by atoms with E-state index in [2.05, 4.69) is 134 Å². The van der Waals surface area contributed by atoms with Gasteiger partial charge in [-0.15, -0.1) is 11.3 Å². The van der Waals surface area contributed by atoms with Gasteiger partial charge in [-0.25, -0.2) is 0 Å². The molecule has 38 heavy (non-hydrogen) atoms. The predicted molar refractivity (Wildman–Crippen MR) is 166 cm³/mol. The smallest absolute Gasteiger partial charge is 0.0547 e. The van der Waals surface area contributed by atoms with Crippen LogP contribution in [0.1, 0.15) is 11.1 Å². The van der Waals surface area contributed by atoms with Gasteiger partial charge < -0.3 is 4.57 Å². The fraction of sp³-hybridized carbons (Fsp3) is 0.0556. The van der Waals surface area contributed by atoms with Gasteiger partial charge in [-0.1, -0.05) is 66.7 Å². The van der Waals surface area contributed by atoms with Crippen LogP contribution in [0, 0.1) is 13.8 Å². The van der Waals surface area contributed by atoms with Crippen LogP contribution in [0.5, 0.6) is 0 Å². The van der Waals surface area contributed by atoms with Crippen LogP contribution in [0.25, 0.3) is 69.6 Å². The number of aryl methyl sites for hydroxylation is 2. The summed E-state index contributed by atoms with van der Waals surface area (Å²) in [6.07, 6.45) is 0. The van der Waals surface area contributed by atoms with E-state index in [1.807, 2.05) is 11.3 Å². The number of thiophene rings is 1. The van der Waals surface area contributed by atoms with Gasteiger partial charge in [0.25, 0.3) is 0 Å². The Hall–Kier alpha value is -4.40. The Bertz CT molecular complexity index is 2190. The molecular formula is C36H25NS. The molecule has 0 radical (unpaired) electrons. The van der Waals surface area contributed by atoms with Gasteiger partial charge in [-0.05, 0) is 95.4 Å². The van der Waals surface area contributed by atoms with Gasteiger partial charge in [-0.3, -0.25) is 0 Å². The molecule has 6 aromatic carbocycles. The van der Waals surface area contributed by atoms with E-state index in [-0.39, 0.29) is 0 Å². The number of hydrogen-bond donors (Lipinski definition) is 0. The molecule has 0 spiro atoms. The average molecular weight is 504 g/mol. The lowest BCUT2D eigenvalue weighted by Crippen LogP contribution is -1.94. The first-order valence-corrected chi connectivity index (χ1v) is 13.9. The molecule has 0 N–H and O–H groups in total. The molecule has 8 rings (SSSR count). The molecule has 0 aliphatic carbocycles. The standard InChI is InChI=1S/C36H25NS/c1-22-16-17-31-36(35(22)28-21-34-29(18-23(28)2)27-14-8-9-15-33(27)38-34)30-19-24-10-6-7-11-25(24)20-32(30)37(31)26-12-4-3-5-13-26/h3-21H,1-2H3. The van der Waals surface area contributed by atoms with Crippen LogP contribution in [0.15, 0.2) is 115 Å². The van der Waals surface area contributed by atoms with Crippen molar-refractivity contribution in [2.24, 2.45) is 0 Å². The van der Waals surface area contributed by atoms with Crippen LogP contribution in [-0.2, 0) is 0 Å². The molecule has 0 aliphatic rings. The second-order valence-electron chi connectivity index (χ2n) is 10.3. The third kappa shape index (κ3) is 3.04. The summed E-state index contributed by atoms with van der Waals surface area (Å²) >= 11 is 1.89. The number of fused-ring (bicyclic) bond motifs is 7. The number of hydrogen-bond acceptors (Lipinski definition) is 1. The average Bonchev–Trinajstić information content (AvgIpc) is 3.47. The number of para-hydroxylation sites is 1. The number of benzene rings is 6. The predicted octanol–water partition coefficient (Wildman–Crippen LogP) is 10.6.